The Morgan fingerprint density at radius 1 is 1.12 bits per heavy atom. The van der Waals surface area contributed by atoms with Gasteiger partial charge in [0.1, 0.15) is 18.0 Å². The molecule has 1 saturated heterocycles. The van der Waals surface area contributed by atoms with E-state index in [-0.39, 0.29) is 22.5 Å². The van der Waals surface area contributed by atoms with Crippen LogP contribution in [0.3, 0.4) is 0 Å². The molecule has 2 aromatic heterocycles. The number of anilines is 2. The minimum absolute atomic E-state index is 0.0296. The normalized spacial score (nSPS) is 15.9. The van der Waals surface area contributed by atoms with Crippen molar-refractivity contribution in [2.75, 3.05) is 48.7 Å². The van der Waals surface area contributed by atoms with Crippen molar-refractivity contribution in [3.05, 3.63) is 47.8 Å². The van der Waals surface area contributed by atoms with E-state index in [1.54, 1.807) is 18.5 Å². The number of nitrogen functional groups attached to an aromatic ring is 1. The third-order valence-corrected chi connectivity index (χ3v) is 7.25. The lowest BCUT2D eigenvalue weighted by molar-refractivity contribution is 0.294. The smallest absolute Gasteiger partial charge is 0.222 e. The Hall–Kier alpha value is -2.89. The van der Waals surface area contributed by atoms with E-state index < -0.39 is 15.7 Å². The second-order valence-corrected chi connectivity index (χ2v) is 10.4. The summed E-state index contributed by atoms with van der Waals surface area (Å²) < 4.78 is 36.9. The molecule has 1 aromatic carbocycles. The summed E-state index contributed by atoms with van der Waals surface area (Å²) in [5, 5.41) is 3.28. The van der Waals surface area contributed by atoms with Crippen LogP contribution in [-0.2, 0) is 9.84 Å². The lowest BCUT2D eigenvalue weighted by Gasteiger charge is -2.26. The molecule has 0 unspecified atom stereocenters. The van der Waals surface area contributed by atoms with E-state index in [4.69, 9.17) is 17.3 Å². The van der Waals surface area contributed by atoms with Crippen molar-refractivity contribution in [2.24, 2.45) is 0 Å². The predicted octanol–water partition coefficient (Wildman–Crippen LogP) is 2.51. The zero-order chi connectivity index (χ0) is 23.4. The molecule has 0 aliphatic carbocycles. The van der Waals surface area contributed by atoms with Gasteiger partial charge in [-0.25, -0.2) is 27.8 Å². The summed E-state index contributed by atoms with van der Waals surface area (Å²) in [4.78, 5) is 19.1. The molecular formula is C21H23ClFN7O2S. The quantitative estimate of drug-likeness (QED) is 0.479. The third kappa shape index (κ3) is 5.73. The highest BCUT2D eigenvalue weighted by Gasteiger charge is 2.21. The van der Waals surface area contributed by atoms with Crippen molar-refractivity contribution in [3.63, 3.8) is 0 Å². The number of benzene rings is 1. The van der Waals surface area contributed by atoms with E-state index in [1.807, 2.05) is 0 Å². The second kappa shape index (κ2) is 9.94. The number of halogens is 2. The van der Waals surface area contributed by atoms with Crippen LogP contribution < -0.4 is 11.1 Å². The van der Waals surface area contributed by atoms with E-state index in [1.165, 1.54) is 18.5 Å². The summed E-state index contributed by atoms with van der Waals surface area (Å²) in [5.41, 5.74) is 8.33. The Balaban J connectivity index is 1.58. The molecule has 33 heavy (non-hydrogen) atoms. The molecule has 1 aliphatic heterocycles. The Labute approximate surface area is 196 Å². The molecule has 0 bridgehead atoms. The van der Waals surface area contributed by atoms with Gasteiger partial charge in [-0.2, -0.15) is 4.98 Å². The second-order valence-electron chi connectivity index (χ2n) is 7.68. The van der Waals surface area contributed by atoms with E-state index >= 15 is 0 Å². The van der Waals surface area contributed by atoms with Gasteiger partial charge in [-0.3, -0.25) is 0 Å². The first-order chi connectivity index (χ1) is 15.8. The van der Waals surface area contributed by atoms with Crippen LogP contribution >= 0.6 is 11.6 Å². The summed E-state index contributed by atoms with van der Waals surface area (Å²) in [6.07, 6.45) is 5.46. The zero-order valence-corrected chi connectivity index (χ0v) is 19.3. The summed E-state index contributed by atoms with van der Waals surface area (Å²) in [5.74, 6) is 0.412. The van der Waals surface area contributed by atoms with Gasteiger partial charge < -0.3 is 16.0 Å². The monoisotopic (exact) mass is 491 g/mol. The molecule has 3 heterocycles. The average molecular weight is 492 g/mol. The van der Waals surface area contributed by atoms with Crippen molar-refractivity contribution in [2.45, 2.75) is 6.42 Å². The summed E-state index contributed by atoms with van der Waals surface area (Å²) in [7, 11) is -2.90. The van der Waals surface area contributed by atoms with Gasteiger partial charge in [-0.05, 0) is 31.2 Å². The number of hydrogen-bond donors (Lipinski definition) is 2. The minimum atomic E-state index is -2.90. The van der Waals surface area contributed by atoms with Crippen LogP contribution in [0, 0.1) is 5.82 Å². The van der Waals surface area contributed by atoms with E-state index in [0.29, 0.717) is 47.8 Å². The molecular weight excluding hydrogens is 469 g/mol. The zero-order valence-electron chi connectivity index (χ0n) is 17.7. The van der Waals surface area contributed by atoms with E-state index in [2.05, 4.69) is 30.2 Å². The number of aromatic nitrogens is 4. The van der Waals surface area contributed by atoms with Crippen molar-refractivity contribution >= 4 is 33.2 Å². The van der Waals surface area contributed by atoms with Gasteiger partial charge in [0.2, 0.25) is 5.95 Å². The van der Waals surface area contributed by atoms with E-state index in [0.717, 1.165) is 13.0 Å². The highest BCUT2D eigenvalue weighted by atomic mass is 35.5. The molecule has 174 valence electrons. The minimum Gasteiger partial charge on any atom is -0.369 e. The fraction of sp³-hybridized carbons (Fsp3) is 0.333. The fourth-order valence-electron chi connectivity index (χ4n) is 3.64. The van der Waals surface area contributed by atoms with Gasteiger partial charge in [0, 0.05) is 43.2 Å². The summed E-state index contributed by atoms with van der Waals surface area (Å²) in [6, 6.07) is 4.33. The Morgan fingerprint density at radius 2 is 1.85 bits per heavy atom. The van der Waals surface area contributed by atoms with E-state index in [9.17, 15) is 12.8 Å². The van der Waals surface area contributed by atoms with Crippen LogP contribution in [-0.4, -0.2) is 70.9 Å². The first-order valence-electron chi connectivity index (χ1n) is 10.4. The number of hydrogen-bond acceptors (Lipinski definition) is 9. The van der Waals surface area contributed by atoms with Gasteiger partial charge in [0.05, 0.1) is 27.8 Å². The number of nitrogens with one attached hydrogen (secondary N) is 1. The van der Waals surface area contributed by atoms with Crippen molar-refractivity contribution in [3.8, 4) is 22.4 Å². The molecule has 4 rings (SSSR count). The molecule has 0 saturated carbocycles. The maximum Gasteiger partial charge on any atom is 0.222 e. The maximum atomic E-state index is 13.7. The van der Waals surface area contributed by atoms with Crippen LogP contribution in [0.5, 0.6) is 0 Å². The maximum absolute atomic E-state index is 13.7. The van der Waals surface area contributed by atoms with Crippen molar-refractivity contribution in [1.29, 1.82) is 0 Å². The molecule has 1 aliphatic rings. The van der Waals surface area contributed by atoms with Gasteiger partial charge in [-0.15, -0.1) is 0 Å². The summed E-state index contributed by atoms with van der Waals surface area (Å²) >= 11 is 6.00. The largest absolute Gasteiger partial charge is 0.369 e. The van der Waals surface area contributed by atoms with Crippen molar-refractivity contribution < 1.29 is 12.8 Å². The Morgan fingerprint density at radius 3 is 2.55 bits per heavy atom. The molecule has 12 heteroatoms. The number of nitrogens with two attached hydrogens (primary N) is 1. The Bertz CT molecular complexity index is 1230. The van der Waals surface area contributed by atoms with Gasteiger partial charge in [-0.1, -0.05) is 11.6 Å². The molecule has 3 N–H and O–H groups in total. The fourth-order valence-corrected chi connectivity index (χ4v) is 5.10. The third-order valence-electron chi connectivity index (χ3n) is 5.35. The highest BCUT2D eigenvalue weighted by Crippen LogP contribution is 2.36. The van der Waals surface area contributed by atoms with Crippen LogP contribution in [0.4, 0.5) is 16.2 Å². The number of sulfone groups is 1. The average Bonchev–Trinajstić information content (AvgIpc) is 2.79. The topological polar surface area (TPSA) is 127 Å². The molecule has 1 fully saturated rings. The number of nitrogens with zero attached hydrogens (tertiary/aromatic N) is 5. The van der Waals surface area contributed by atoms with Crippen LogP contribution in [0.25, 0.3) is 22.4 Å². The molecule has 0 atom stereocenters. The van der Waals surface area contributed by atoms with Gasteiger partial charge >= 0.3 is 0 Å². The Kier molecular flexibility index (Phi) is 7.01. The molecule has 9 nitrogen and oxygen atoms in total. The van der Waals surface area contributed by atoms with Crippen LogP contribution in [0.15, 0.2) is 36.9 Å². The lowest BCUT2D eigenvalue weighted by Crippen LogP contribution is -2.41. The van der Waals surface area contributed by atoms with Crippen LogP contribution in [0.2, 0.25) is 5.02 Å². The van der Waals surface area contributed by atoms with Crippen LogP contribution in [0.1, 0.15) is 6.42 Å². The molecule has 0 spiro atoms. The highest BCUT2D eigenvalue weighted by molar-refractivity contribution is 7.91. The van der Waals surface area contributed by atoms with Crippen molar-refractivity contribution in [1.82, 2.24) is 24.8 Å². The summed E-state index contributed by atoms with van der Waals surface area (Å²) in [6.45, 7) is 2.42. The molecule has 0 amide bonds. The first kappa shape index (κ1) is 23.3. The first-order valence-corrected chi connectivity index (χ1v) is 12.6. The predicted molar refractivity (Wildman–Crippen MR) is 126 cm³/mol. The standard InChI is InChI=1S/C21H23ClFN7O2S/c22-16-10-14(2-3-17(16)23)19-18(15-11-25-13-26-12-15)20(29-21(24)28-19)27-4-1-5-30-6-8-33(31,32)9-7-30/h2-3,10-13H,1,4-9H2,(H3,24,27,28,29). The molecule has 3 aromatic rings. The lowest BCUT2D eigenvalue weighted by atomic mass is 10.0. The number of rotatable bonds is 7. The molecule has 0 radical (unpaired) electrons. The van der Waals surface area contributed by atoms with Gasteiger partial charge in [0.15, 0.2) is 9.84 Å². The van der Waals surface area contributed by atoms with Gasteiger partial charge in [0.25, 0.3) is 0 Å². The SMILES string of the molecule is Nc1nc(NCCCN2CCS(=O)(=O)CC2)c(-c2cncnc2)c(-c2ccc(F)c(Cl)c2)n1.